The zero-order chi connectivity index (χ0) is 16.9. The highest BCUT2D eigenvalue weighted by atomic mass is 32.2. The fraction of sp³-hybridized carbons (Fsp3) is 0.158. The van der Waals surface area contributed by atoms with Crippen molar-refractivity contribution in [2.24, 2.45) is 0 Å². The fourth-order valence-electron chi connectivity index (χ4n) is 2.26. The summed E-state index contributed by atoms with van der Waals surface area (Å²) >= 11 is 0. The Morgan fingerprint density at radius 3 is 2.17 bits per heavy atom. The molecule has 2 aromatic rings. The smallest absolute Gasteiger partial charge is 0.242 e. The summed E-state index contributed by atoms with van der Waals surface area (Å²) in [6.07, 6.45) is 7.09. The van der Waals surface area contributed by atoms with Crippen molar-refractivity contribution in [3.8, 4) is 0 Å². The highest BCUT2D eigenvalue weighted by Gasteiger charge is 2.24. The molecule has 23 heavy (non-hydrogen) atoms. The maximum Gasteiger partial charge on any atom is 0.268 e. The van der Waals surface area contributed by atoms with Crippen molar-refractivity contribution < 1.29 is 8.42 Å². The lowest BCUT2D eigenvalue weighted by Crippen LogP contribution is -2.26. The average Bonchev–Trinajstić information content (AvgIpc) is 2.54. The lowest BCUT2D eigenvalue weighted by atomic mass is 10.1. The van der Waals surface area contributed by atoms with Gasteiger partial charge in [0.05, 0.1) is 10.6 Å². The van der Waals surface area contributed by atoms with Crippen molar-refractivity contribution in [2.75, 3.05) is 4.31 Å². The van der Waals surface area contributed by atoms with Crippen LogP contribution < -0.4 is 4.31 Å². The Balaban J connectivity index is 2.61. The van der Waals surface area contributed by atoms with Crippen LogP contribution in [0.3, 0.4) is 0 Å². The van der Waals surface area contributed by atoms with Gasteiger partial charge >= 0.3 is 0 Å². The Morgan fingerprint density at radius 1 is 0.913 bits per heavy atom. The van der Waals surface area contributed by atoms with E-state index in [9.17, 15) is 8.42 Å². The lowest BCUT2D eigenvalue weighted by Gasteiger charge is -2.22. The van der Waals surface area contributed by atoms with Crippen LogP contribution in [-0.4, -0.2) is 8.42 Å². The van der Waals surface area contributed by atoms with Crippen LogP contribution >= 0.6 is 0 Å². The maximum atomic E-state index is 13.0. The van der Waals surface area contributed by atoms with Gasteiger partial charge in [0.15, 0.2) is 0 Å². The number of sulfonamides is 1. The summed E-state index contributed by atoms with van der Waals surface area (Å²) in [7, 11) is -3.66. The number of aryl methyl sites for hydroxylation is 1. The second kappa shape index (κ2) is 7.29. The second-order valence-corrected chi connectivity index (χ2v) is 6.97. The van der Waals surface area contributed by atoms with Gasteiger partial charge in [0, 0.05) is 6.20 Å². The molecular formula is C19H21NO2S. The van der Waals surface area contributed by atoms with Crippen LogP contribution in [0.1, 0.15) is 25.0 Å². The van der Waals surface area contributed by atoms with Crippen molar-refractivity contribution >= 4 is 21.8 Å². The minimum Gasteiger partial charge on any atom is -0.242 e. The quantitative estimate of drug-likeness (QED) is 0.794. The van der Waals surface area contributed by atoms with Crippen LogP contribution in [0.2, 0.25) is 0 Å². The molecule has 0 amide bonds. The second-order valence-electron chi connectivity index (χ2n) is 5.16. The SMILES string of the molecule is C/C=C\c1ccccc1N(/C=C/C)S(=O)(=O)c1ccc(C)cc1. The summed E-state index contributed by atoms with van der Waals surface area (Å²) in [6.45, 7) is 5.64. The summed E-state index contributed by atoms with van der Waals surface area (Å²) in [4.78, 5) is 0.275. The Hall–Kier alpha value is -2.33. The molecule has 0 heterocycles. The third-order valence-corrected chi connectivity index (χ3v) is 5.09. The molecule has 2 rings (SSSR count). The predicted octanol–water partition coefficient (Wildman–Crippen LogP) is 4.76. The molecule has 2 aromatic carbocycles. The first-order valence-corrected chi connectivity index (χ1v) is 8.90. The van der Waals surface area contributed by atoms with Crippen LogP contribution in [0.4, 0.5) is 5.69 Å². The van der Waals surface area contributed by atoms with Crippen LogP contribution in [0.25, 0.3) is 6.08 Å². The molecule has 0 radical (unpaired) electrons. The largest absolute Gasteiger partial charge is 0.268 e. The van der Waals surface area contributed by atoms with Gasteiger partial charge in [0.25, 0.3) is 10.0 Å². The van der Waals surface area contributed by atoms with Crippen molar-refractivity contribution in [1.82, 2.24) is 0 Å². The van der Waals surface area contributed by atoms with E-state index in [1.165, 1.54) is 4.31 Å². The van der Waals surface area contributed by atoms with Crippen LogP contribution in [0.15, 0.2) is 71.8 Å². The molecule has 0 N–H and O–H groups in total. The molecular weight excluding hydrogens is 306 g/mol. The highest BCUT2D eigenvalue weighted by Crippen LogP contribution is 2.28. The molecule has 0 fully saturated rings. The molecule has 0 unspecified atom stereocenters. The van der Waals surface area contributed by atoms with E-state index in [2.05, 4.69) is 0 Å². The van der Waals surface area contributed by atoms with Gasteiger partial charge in [-0.1, -0.05) is 54.1 Å². The zero-order valence-corrected chi connectivity index (χ0v) is 14.4. The molecule has 0 aliphatic carbocycles. The summed E-state index contributed by atoms with van der Waals surface area (Å²) < 4.78 is 27.4. The first-order valence-electron chi connectivity index (χ1n) is 7.46. The number of para-hydroxylation sites is 1. The fourth-order valence-corrected chi connectivity index (χ4v) is 3.67. The Labute approximate surface area is 138 Å². The molecule has 0 bridgehead atoms. The van der Waals surface area contributed by atoms with Gasteiger partial charge in [-0.05, 0) is 44.5 Å². The number of nitrogens with zero attached hydrogens (tertiary/aromatic N) is 1. The van der Waals surface area contributed by atoms with Crippen LogP contribution in [0, 0.1) is 6.92 Å². The van der Waals surface area contributed by atoms with Crippen molar-refractivity contribution in [2.45, 2.75) is 25.7 Å². The van der Waals surface area contributed by atoms with Gasteiger partial charge in [-0.3, -0.25) is 0 Å². The predicted molar refractivity (Wildman–Crippen MR) is 96.8 cm³/mol. The van der Waals surface area contributed by atoms with E-state index in [0.717, 1.165) is 11.1 Å². The van der Waals surface area contributed by atoms with Crippen molar-refractivity contribution in [1.29, 1.82) is 0 Å². The number of anilines is 1. The number of benzene rings is 2. The average molecular weight is 327 g/mol. The Kier molecular flexibility index (Phi) is 5.40. The number of allylic oxidation sites excluding steroid dienone is 2. The van der Waals surface area contributed by atoms with E-state index in [1.54, 1.807) is 49.5 Å². The summed E-state index contributed by atoms with van der Waals surface area (Å²) in [6, 6.07) is 14.3. The maximum absolute atomic E-state index is 13.0. The number of hydrogen-bond acceptors (Lipinski definition) is 2. The monoisotopic (exact) mass is 327 g/mol. The third kappa shape index (κ3) is 3.71. The van der Waals surface area contributed by atoms with Crippen molar-refractivity contribution in [3.05, 3.63) is 78.0 Å². The standard InChI is InChI=1S/C19H21NO2S/c1-4-8-17-9-6-7-10-19(17)20(15-5-2)23(21,22)18-13-11-16(3)12-14-18/h4-15H,1-3H3/b8-4-,15-5+. The van der Waals surface area contributed by atoms with E-state index in [4.69, 9.17) is 0 Å². The molecule has 0 saturated heterocycles. The number of rotatable bonds is 5. The summed E-state index contributed by atoms with van der Waals surface area (Å²) in [5, 5.41) is 0. The molecule has 0 aromatic heterocycles. The van der Waals surface area contributed by atoms with Gasteiger partial charge in [-0.15, -0.1) is 0 Å². The van der Waals surface area contributed by atoms with E-state index < -0.39 is 10.0 Å². The number of hydrogen-bond donors (Lipinski definition) is 0. The molecule has 3 nitrogen and oxygen atoms in total. The van der Waals surface area contributed by atoms with Gasteiger partial charge in [0.2, 0.25) is 0 Å². The third-order valence-electron chi connectivity index (χ3n) is 3.38. The highest BCUT2D eigenvalue weighted by molar-refractivity contribution is 7.93. The van der Waals surface area contributed by atoms with Crippen molar-refractivity contribution in [3.63, 3.8) is 0 Å². The zero-order valence-electron chi connectivity index (χ0n) is 13.6. The lowest BCUT2D eigenvalue weighted by molar-refractivity contribution is 0.596. The summed E-state index contributed by atoms with van der Waals surface area (Å²) in [5.74, 6) is 0. The minimum absolute atomic E-state index is 0.275. The van der Waals surface area contributed by atoms with Gasteiger partial charge in [-0.2, -0.15) is 0 Å². The van der Waals surface area contributed by atoms with Crippen LogP contribution in [-0.2, 0) is 10.0 Å². The molecule has 4 heteroatoms. The normalized spacial score (nSPS) is 12.1. The van der Waals surface area contributed by atoms with E-state index in [-0.39, 0.29) is 4.90 Å². The molecule has 0 atom stereocenters. The van der Waals surface area contributed by atoms with E-state index in [0.29, 0.717) is 5.69 Å². The first kappa shape index (κ1) is 17.0. The molecule has 120 valence electrons. The Morgan fingerprint density at radius 2 is 1.57 bits per heavy atom. The minimum atomic E-state index is -3.66. The Bertz CT molecular complexity index is 819. The topological polar surface area (TPSA) is 37.4 Å². The molecule has 0 spiro atoms. The van der Waals surface area contributed by atoms with Gasteiger partial charge < -0.3 is 0 Å². The molecule has 0 aliphatic rings. The van der Waals surface area contributed by atoms with E-state index >= 15 is 0 Å². The first-order chi connectivity index (χ1) is 11.0. The molecule has 0 aliphatic heterocycles. The van der Waals surface area contributed by atoms with Gasteiger partial charge in [0.1, 0.15) is 0 Å². The summed E-state index contributed by atoms with van der Waals surface area (Å²) in [5.41, 5.74) is 2.50. The van der Waals surface area contributed by atoms with E-state index in [1.807, 2.05) is 44.2 Å². The molecule has 0 saturated carbocycles. The van der Waals surface area contributed by atoms with Gasteiger partial charge in [-0.25, -0.2) is 12.7 Å². The van der Waals surface area contributed by atoms with Crippen LogP contribution in [0.5, 0.6) is 0 Å².